The number of ether oxygens (including phenoxy) is 1. The maximum absolute atomic E-state index is 11.6. The zero-order valence-corrected chi connectivity index (χ0v) is 10.2. The highest BCUT2D eigenvalue weighted by atomic mass is 32.2. The zero-order valence-electron chi connectivity index (χ0n) is 9.40. The molecule has 0 saturated carbocycles. The van der Waals surface area contributed by atoms with Gasteiger partial charge in [-0.15, -0.1) is 0 Å². The van der Waals surface area contributed by atoms with Gasteiger partial charge >= 0.3 is 5.97 Å². The van der Waals surface area contributed by atoms with Crippen LogP contribution in [0.4, 0.5) is 0 Å². The second kappa shape index (κ2) is 8.85. The normalized spacial score (nSPS) is 14.8. The Hall–Kier alpha value is -0.420. The van der Waals surface area contributed by atoms with Crippen molar-refractivity contribution in [2.24, 2.45) is 0 Å². The molecule has 0 aliphatic rings. The van der Waals surface area contributed by atoms with Crippen molar-refractivity contribution >= 4 is 16.8 Å². The van der Waals surface area contributed by atoms with Crippen molar-refractivity contribution in [1.82, 2.24) is 0 Å². The molecular formula is C10H20O4S. The Morgan fingerprint density at radius 3 is 2.60 bits per heavy atom. The molecule has 0 fully saturated rings. The lowest BCUT2D eigenvalue weighted by Crippen LogP contribution is -2.27. The molecule has 0 aliphatic heterocycles. The number of carbonyl (C=O) groups is 1. The fourth-order valence-corrected chi connectivity index (χ4v) is 2.59. The standard InChI is InChI=1S/C10H20O4S/c1-3-4-6-9(10(11)12)15(13)8-5-7-14-2/h9H,3-8H2,1-2H3,(H,11,12). The molecule has 0 aromatic rings. The summed E-state index contributed by atoms with van der Waals surface area (Å²) in [5, 5.41) is 8.20. The van der Waals surface area contributed by atoms with E-state index in [4.69, 9.17) is 9.84 Å². The molecule has 0 heterocycles. The second-order valence-corrected chi connectivity index (χ2v) is 5.14. The summed E-state index contributed by atoms with van der Waals surface area (Å²) in [6.07, 6.45) is 2.90. The van der Waals surface area contributed by atoms with Crippen LogP contribution in [-0.4, -0.2) is 40.0 Å². The number of unbranched alkanes of at least 4 members (excludes halogenated alkanes) is 1. The summed E-state index contributed by atoms with van der Waals surface area (Å²) in [5.74, 6) is -0.534. The van der Waals surface area contributed by atoms with Gasteiger partial charge in [-0.05, 0) is 12.8 Å². The van der Waals surface area contributed by atoms with Crippen LogP contribution in [0.25, 0.3) is 0 Å². The average molecular weight is 236 g/mol. The molecule has 0 bridgehead atoms. The van der Waals surface area contributed by atoms with E-state index in [-0.39, 0.29) is 0 Å². The lowest BCUT2D eigenvalue weighted by Gasteiger charge is -2.11. The van der Waals surface area contributed by atoms with Crippen LogP contribution >= 0.6 is 0 Å². The van der Waals surface area contributed by atoms with Crippen LogP contribution in [-0.2, 0) is 20.3 Å². The number of carboxylic acid groups (broad SMARTS) is 1. The molecule has 0 aromatic carbocycles. The van der Waals surface area contributed by atoms with Gasteiger partial charge in [-0.3, -0.25) is 9.00 Å². The van der Waals surface area contributed by atoms with Crippen molar-refractivity contribution < 1.29 is 18.8 Å². The summed E-state index contributed by atoms with van der Waals surface area (Å²) in [7, 11) is 0.308. The first kappa shape index (κ1) is 14.6. The maximum atomic E-state index is 11.6. The van der Waals surface area contributed by atoms with Crippen LogP contribution in [0.3, 0.4) is 0 Å². The van der Waals surface area contributed by atoms with Crippen molar-refractivity contribution in [3.8, 4) is 0 Å². The highest BCUT2D eigenvalue weighted by molar-refractivity contribution is 7.86. The van der Waals surface area contributed by atoms with Crippen LogP contribution < -0.4 is 0 Å². The van der Waals surface area contributed by atoms with Crippen LogP contribution in [0.1, 0.15) is 32.6 Å². The average Bonchev–Trinajstić information content (AvgIpc) is 2.18. The first-order valence-corrected chi connectivity index (χ1v) is 6.60. The summed E-state index contributed by atoms with van der Waals surface area (Å²) in [6, 6.07) is 0. The van der Waals surface area contributed by atoms with Crippen molar-refractivity contribution in [3.63, 3.8) is 0 Å². The third-order valence-corrected chi connectivity index (χ3v) is 3.87. The van der Waals surface area contributed by atoms with Gasteiger partial charge in [-0.25, -0.2) is 0 Å². The van der Waals surface area contributed by atoms with Gasteiger partial charge in [0.05, 0.1) is 0 Å². The second-order valence-electron chi connectivity index (χ2n) is 3.40. The molecule has 15 heavy (non-hydrogen) atoms. The van der Waals surface area contributed by atoms with E-state index < -0.39 is 22.0 Å². The zero-order chi connectivity index (χ0) is 11.7. The van der Waals surface area contributed by atoms with Gasteiger partial charge in [0.2, 0.25) is 0 Å². The van der Waals surface area contributed by atoms with E-state index in [0.717, 1.165) is 12.8 Å². The number of methoxy groups -OCH3 is 1. The highest BCUT2D eigenvalue weighted by Crippen LogP contribution is 2.09. The van der Waals surface area contributed by atoms with Gasteiger partial charge < -0.3 is 9.84 Å². The minimum absolute atomic E-state index is 0.411. The van der Waals surface area contributed by atoms with Crippen molar-refractivity contribution in [2.75, 3.05) is 19.5 Å². The Morgan fingerprint density at radius 1 is 1.47 bits per heavy atom. The van der Waals surface area contributed by atoms with E-state index in [1.807, 2.05) is 6.92 Å². The molecule has 0 rings (SSSR count). The van der Waals surface area contributed by atoms with E-state index in [0.29, 0.717) is 25.2 Å². The molecule has 1 N–H and O–H groups in total. The molecule has 0 aromatic heterocycles. The number of hydrogen-bond acceptors (Lipinski definition) is 3. The summed E-state index contributed by atoms with van der Waals surface area (Å²) >= 11 is 0. The Kier molecular flexibility index (Phi) is 8.61. The predicted octanol–water partition coefficient (Wildman–Crippen LogP) is 1.42. The van der Waals surface area contributed by atoms with Crippen molar-refractivity contribution in [3.05, 3.63) is 0 Å². The highest BCUT2D eigenvalue weighted by Gasteiger charge is 2.23. The van der Waals surface area contributed by atoms with Crippen LogP contribution in [0, 0.1) is 0 Å². The van der Waals surface area contributed by atoms with E-state index in [9.17, 15) is 9.00 Å². The Balaban J connectivity index is 3.99. The minimum Gasteiger partial charge on any atom is -0.480 e. The molecule has 0 spiro atoms. The molecule has 90 valence electrons. The number of carboxylic acids is 1. The molecule has 0 amide bonds. The lowest BCUT2D eigenvalue weighted by atomic mass is 10.2. The molecular weight excluding hydrogens is 216 g/mol. The topological polar surface area (TPSA) is 63.6 Å². The van der Waals surface area contributed by atoms with Crippen LogP contribution in [0.15, 0.2) is 0 Å². The third-order valence-electron chi connectivity index (χ3n) is 2.11. The van der Waals surface area contributed by atoms with Crippen LogP contribution in [0.2, 0.25) is 0 Å². The first-order valence-electron chi connectivity index (χ1n) is 5.22. The maximum Gasteiger partial charge on any atom is 0.319 e. The quantitative estimate of drug-likeness (QED) is 0.615. The molecule has 0 radical (unpaired) electrons. The van der Waals surface area contributed by atoms with E-state index >= 15 is 0 Å². The fourth-order valence-electron chi connectivity index (χ4n) is 1.24. The van der Waals surface area contributed by atoms with Crippen LogP contribution in [0.5, 0.6) is 0 Å². The van der Waals surface area contributed by atoms with Gasteiger partial charge in [0.15, 0.2) is 0 Å². The molecule has 5 heteroatoms. The SMILES string of the molecule is CCCCC(C(=O)O)S(=O)CCCOC. The number of rotatable bonds is 9. The Bertz CT molecular complexity index is 206. The first-order chi connectivity index (χ1) is 7.13. The van der Waals surface area contributed by atoms with Gasteiger partial charge in [0.1, 0.15) is 5.25 Å². The smallest absolute Gasteiger partial charge is 0.319 e. The molecule has 2 atom stereocenters. The van der Waals surface area contributed by atoms with Gasteiger partial charge in [0.25, 0.3) is 0 Å². The predicted molar refractivity (Wildman–Crippen MR) is 60.5 cm³/mol. The number of hydrogen-bond donors (Lipinski definition) is 1. The summed E-state index contributed by atoms with van der Waals surface area (Å²) in [5.41, 5.74) is 0. The summed E-state index contributed by atoms with van der Waals surface area (Å²) in [6.45, 7) is 2.53. The largest absolute Gasteiger partial charge is 0.480 e. The number of aliphatic carboxylic acids is 1. The Labute approximate surface area is 93.5 Å². The monoisotopic (exact) mass is 236 g/mol. The Morgan fingerprint density at radius 2 is 2.13 bits per heavy atom. The molecule has 0 saturated heterocycles. The molecule has 2 unspecified atom stereocenters. The van der Waals surface area contributed by atoms with Gasteiger partial charge in [-0.1, -0.05) is 19.8 Å². The summed E-state index contributed by atoms with van der Waals surface area (Å²) < 4.78 is 16.5. The van der Waals surface area contributed by atoms with Crippen molar-refractivity contribution in [2.45, 2.75) is 37.9 Å². The molecule has 4 nitrogen and oxygen atoms in total. The van der Waals surface area contributed by atoms with Gasteiger partial charge in [-0.2, -0.15) is 0 Å². The fraction of sp³-hybridized carbons (Fsp3) is 0.900. The molecule has 0 aliphatic carbocycles. The minimum atomic E-state index is -1.27. The van der Waals surface area contributed by atoms with E-state index in [1.54, 1.807) is 7.11 Å². The van der Waals surface area contributed by atoms with Gasteiger partial charge in [0, 0.05) is 30.3 Å². The lowest BCUT2D eigenvalue weighted by molar-refractivity contribution is -0.136. The van der Waals surface area contributed by atoms with E-state index in [2.05, 4.69) is 0 Å². The summed E-state index contributed by atoms with van der Waals surface area (Å²) in [4.78, 5) is 10.9. The van der Waals surface area contributed by atoms with Crippen molar-refractivity contribution in [1.29, 1.82) is 0 Å². The third kappa shape index (κ3) is 6.62. The van der Waals surface area contributed by atoms with E-state index in [1.165, 1.54) is 0 Å².